The average Bonchev–Trinajstić information content (AvgIpc) is 2.24. The first kappa shape index (κ1) is 12.9. The Morgan fingerprint density at radius 2 is 2.19 bits per heavy atom. The predicted octanol–water partition coefficient (Wildman–Crippen LogP) is 2.03. The fraction of sp³-hybridized carbons (Fsp3) is 0.583. The fourth-order valence-corrected chi connectivity index (χ4v) is 1.68. The SMILES string of the molecule is COc1cccnc1C(CC(C)(C)C)NN. The first-order valence-corrected chi connectivity index (χ1v) is 5.43. The molecule has 1 aromatic heterocycles. The van der Waals surface area contributed by atoms with Crippen molar-refractivity contribution in [3.8, 4) is 5.75 Å². The van der Waals surface area contributed by atoms with Crippen molar-refractivity contribution in [1.29, 1.82) is 0 Å². The molecule has 1 rings (SSSR count). The maximum absolute atomic E-state index is 5.59. The molecule has 3 N–H and O–H groups in total. The Morgan fingerprint density at radius 3 is 2.69 bits per heavy atom. The first-order valence-electron chi connectivity index (χ1n) is 5.43. The van der Waals surface area contributed by atoms with Gasteiger partial charge in [0.05, 0.1) is 13.2 Å². The number of nitrogens with one attached hydrogen (secondary N) is 1. The zero-order valence-corrected chi connectivity index (χ0v) is 10.4. The number of pyridine rings is 1. The molecule has 1 aromatic rings. The number of hydrogen-bond donors (Lipinski definition) is 2. The van der Waals surface area contributed by atoms with Crippen molar-refractivity contribution in [3.63, 3.8) is 0 Å². The van der Waals surface area contributed by atoms with Crippen LogP contribution in [0.3, 0.4) is 0 Å². The van der Waals surface area contributed by atoms with E-state index in [0.717, 1.165) is 17.9 Å². The molecule has 0 aliphatic carbocycles. The number of methoxy groups -OCH3 is 1. The lowest BCUT2D eigenvalue weighted by atomic mass is 9.87. The van der Waals surface area contributed by atoms with Crippen LogP contribution in [0.15, 0.2) is 18.3 Å². The lowest BCUT2D eigenvalue weighted by Crippen LogP contribution is -2.32. The summed E-state index contributed by atoms with van der Waals surface area (Å²) < 4.78 is 5.28. The highest BCUT2D eigenvalue weighted by Crippen LogP contribution is 2.31. The van der Waals surface area contributed by atoms with Crippen LogP contribution < -0.4 is 16.0 Å². The van der Waals surface area contributed by atoms with Crippen LogP contribution in [0.5, 0.6) is 5.75 Å². The Morgan fingerprint density at radius 1 is 1.50 bits per heavy atom. The van der Waals surface area contributed by atoms with Gasteiger partial charge in [-0.05, 0) is 24.0 Å². The summed E-state index contributed by atoms with van der Waals surface area (Å²) in [6.45, 7) is 6.52. The molecular formula is C12H21N3O. The number of rotatable bonds is 4. The minimum absolute atomic E-state index is 0.0103. The van der Waals surface area contributed by atoms with E-state index in [4.69, 9.17) is 10.6 Å². The Labute approximate surface area is 97.2 Å². The second-order valence-electron chi connectivity index (χ2n) is 5.07. The van der Waals surface area contributed by atoms with Gasteiger partial charge in [0.2, 0.25) is 0 Å². The molecule has 0 saturated carbocycles. The Bertz CT molecular complexity index is 333. The van der Waals surface area contributed by atoms with Crippen LogP contribution in [-0.2, 0) is 0 Å². The van der Waals surface area contributed by atoms with Crippen molar-refractivity contribution in [2.24, 2.45) is 11.3 Å². The minimum Gasteiger partial charge on any atom is -0.495 e. The van der Waals surface area contributed by atoms with Gasteiger partial charge in [-0.3, -0.25) is 16.3 Å². The average molecular weight is 223 g/mol. The Hall–Kier alpha value is -1.13. The molecule has 1 heterocycles. The Kier molecular flexibility index (Phi) is 4.26. The van der Waals surface area contributed by atoms with E-state index in [0.29, 0.717) is 0 Å². The molecule has 0 fully saturated rings. The van der Waals surface area contributed by atoms with E-state index < -0.39 is 0 Å². The Balaban J connectivity index is 2.94. The second-order valence-corrected chi connectivity index (χ2v) is 5.07. The molecule has 0 bridgehead atoms. The highest BCUT2D eigenvalue weighted by Gasteiger charge is 2.22. The zero-order valence-electron chi connectivity index (χ0n) is 10.4. The molecule has 0 aliphatic rings. The summed E-state index contributed by atoms with van der Waals surface area (Å²) in [5.41, 5.74) is 3.85. The second kappa shape index (κ2) is 5.27. The summed E-state index contributed by atoms with van der Waals surface area (Å²) in [7, 11) is 1.64. The molecule has 0 saturated heterocycles. The number of ether oxygens (including phenoxy) is 1. The molecule has 1 atom stereocenters. The summed E-state index contributed by atoms with van der Waals surface area (Å²) >= 11 is 0. The van der Waals surface area contributed by atoms with Crippen molar-refractivity contribution in [1.82, 2.24) is 10.4 Å². The molecule has 1 unspecified atom stereocenters. The van der Waals surface area contributed by atoms with Crippen molar-refractivity contribution in [2.45, 2.75) is 33.2 Å². The van der Waals surface area contributed by atoms with Crippen molar-refractivity contribution < 1.29 is 4.74 Å². The highest BCUT2D eigenvalue weighted by molar-refractivity contribution is 5.29. The van der Waals surface area contributed by atoms with Crippen molar-refractivity contribution in [3.05, 3.63) is 24.0 Å². The smallest absolute Gasteiger partial charge is 0.142 e. The van der Waals surface area contributed by atoms with E-state index in [9.17, 15) is 0 Å². The van der Waals surface area contributed by atoms with E-state index in [1.165, 1.54) is 0 Å². The first-order chi connectivity index (χ1) is 7.48. The summed E-state index contributed by atoms with van der Waals surface area (Å²) in [5, 5.41) is 0. The summed E-state index contributed by atoms with van der Waals surface area (Å²) in [6.07, 6.45) is 2.65. The number of nitrogens with zero attached hydrogens (tertiary/aromatic N) is 1. The minimum atomic E-state index is 0.0103. The third-order valence-electron chi connectivity index (χ3n) is 2.37. The van der Waals surface area contributed by atoms with Crippen LogP contribution in [0, 0.1) is 5.41 Å². The largest absolute Gasteiger partial charge is 0.495 e. The van der Waals surface area contributed by atoms with Gasteiger partial charge in [0.25, 0.3) is 0 Å². The molecule has 0 aliphatic heterocycles. The van der Waals surface area contributed by atoms with Crippen LogP contribution in [0.25, 0.3) is 0 Å². The van der Waals surface area contributed by atoms with Gasteiger partial charge in [-0.25, -0.2) is 0 Å². The maximum atomic E-state index is 5.59. The quantitative estimate of drug-likeness (QED) is 0.605. The normalized spacial score (nSPS) is 13.6. The van der Waals surface area contributed by atoms with Crippen molar-refractivity contribution >= 4 is 0 Å². The van der Waals surface area contributed by atoms with Gasteiger partial charge in [0.1, 0.15) is 11.4 Å². The molecule has 0 amide bonds. The van der Waals surface area contributed by atoms with Gasteiger partial charge < -0.3 is 4.74 Å². The molecule has 0 aromatic carbocycles. The molecule has 90 valence electrons. The third kappa shape index (κ3) is 3.47. The molecule has 16 heavy (non-hydrogen) atoms. The molecule has 0 spiro atoms. The monoisotopic (exact) mass is 223 g/mol. The number of nitrogens with two attached hydrogens (primary N) is 1. The topological polar surface area (TPSA) is 60.2 Å². The number of aromatic nitrogens is 1. The summed E-state index contributed by atoms with van der Waals surface area (Å²) in [4.78, 5) is 4.34. The predicted molar refractivity (Wildman–Crippen MR) is 64.9 cm³/mol. The van der Waals surface area contributed by atoms with Crippen LogP contribution >= 0.6 is 0 Å². The van der Waals surface area contributed by atoms with Crippen LogP contribution in [0.1, 0.15) is 38.9 Å². The lowest BCUT2D eigenvalue weighted by molar-refractivity contribution is 0.301. The number of hydrazine groups is 1. The highest BCUT2D eigenvalue weighted by atomic mass is 16.5. The standard InChI is InChI=1S/C12H21N3O/c1-12(2,3)8-9(15-13)11-10(16-4)6-5-7-14-11/h5-7,9,15H,8,13H2,1-4H3. The van der Waals surface area contributed by atoms with Crippen LogP contribution in [0.4, 0.5) is 0 Å². The van der Waals surface area contributed by atoms with Gasteiger partial charge in [-0.2, -0.15) is 0 Å². The van der Waals surface area contributed by atoms with E-state index in [1.54, 1.807) is 13.3 Å². The van der Waals surface area contributed by atoms with E-state index >= 15 is 0 Å². The molecule has 4 heteroatoms. The van der Waals surface area contributed by atoms with E-state index in [2.05, 4.69) is 31.2 Å². The maximum Gasteiger partial charge on any atom is 0.142 e. The van der Waals surface area contributed by atoms with Gasteiger partial charge in [0, 0.05) is 6.20 Å². The van der Waals surface area contributed by atoms with Gasteiger partial charge in [-0.1, -0.05) is 20.8 Å². The molecule has 4 nitrogen and oxygen atoms in total. The van der Waals surface area contributed by atoms with Crippen molar-refractivity contribution in [2.75, 3.05) is 7.11 Å². The van der Waals surface area contributed by atoms with E-state index in [1.807, 2.05) is 12.1 Å². The van der Waals surface area contributed by atoms with Gasteiger partial charge in [0.15, 0.2) is 0 Å². The molecule has 0 radical (unpaired) electrons. The zero-order chi connectivity index (χ0) is 12.2. The third-order valence-corrected chi connectivity index (χ3v) is 2.37. The van der Waals surface area contributed by atoms with Crippen LogP contribution in [0.2, 0.25) is 0 Å². The van der Waals surface area contributed by atoms with Crippen LogP contribution in [-0.4, -0.2) is 12.1 Å². The fourth-order valence-electron chi connectivity index (χ4n) is 1.68. The van der Waals surface area contributed by atoms with E-state index in [-0.39, 0.29) is 11.5 Å². The van der Waals surface area contributed by atoms with Gasteiger partial charge >= 0.3 is 0 Å². The van der Waals surface area contributed by atoms with Gasteiger partial charge in [-0.15, -0.1) is 0 Å². The lowest BCUT2D eigenvalue weighted by Gasteiger charge is -2.25. The molecular weight excluding hydrogens is 202 g/mol. The summed E-state index contributed by atoms with van der Waals surface area (Å²) in [5.74, 6) is 6.36. The number of hydrogen-bond acceptors (Lipinski definition) is 4. The summed E-state index contributed by atoms with van der Waals surface area (Å²) in [6, 6.07) is 3.76.